The first kappa shape index (κ1) is 19.2. The molecule has 0 radical (unpaired) electrons. The molecule has 0 fully saturated rings. The maximum atomic E-state index is 11.6. The van der Waals surface area contributed by atoms with E-state index in [1.165, 1.54) is 0 Å². The summed E-state index contributed by atoms with van der Waals surface area (Å²) in [6.45, 7) is 3.99. The van der Waals surface area contributed by atoms with E-state index in [1.807, 2.05) is 13.8 Å². The van der Waals surface area contributed by atoms with Crippen molar-refractivity contribution >= 4 is 11.6 Å². The quantitative estimate of drug-likeness (QED) is 0.471. The van der Waals surface area contributed by atoms with Crippen LogP contribution in [0.25, 0.3) is 0 Å². The van der Waals surface area contributed by atoms with Crippen LogP contribution in [0.5, 0.6) is 0 Å². The van der Waals surface area contributed by atoms with E-state index >= 15 is 0 Å². The van der Waals surface area contributed by atoms with Crippen LogP contribution in [0.2, 0.25) is 0 Å². The lowest BCUT2D eigenvalue weighted by molar-refractivity contribution is -0.146. The number of aliphatic hydroxyl groups excluding tert-OH is 3. The lowest BCUT2D eigenvalue weighted by Gasteiger charge is -2.21. The highest BCUT2D eigenvalue weighted by Crippen LogP contribution is 2.11. The Bertz CT molecular complexity index is 262. The van der Waals surface area contributed by atoms with Crippen LogP contribution in [0.4, 0.5) is 0 Å². The van der Waals surface area contributed by atoms with Crippen molar-refractivity contribution in [3.63, 3.8) is 0 Å². The van der Waals surface area contributed by atoms with E-state index in [2.05, 4.69) is 0 Å². The number of rotatable bonds is 12. The number of hydrogen-bond donors (Lipinski definition) is 3. The molecule has 0 aromatic rings. The van der Waals surface area contributed by atoms with Gasteiger partial charge in [0.05, 0.1) is 0 Å². The van der Waals surface area contributed by atoms with Gasteiger partial charge in [-0.2, -0.15) is 0 Å². The van der Waals surface area contributed by atoms with Crippen molar-refractivity contribution in [2.75, 3.05) is 0 Å². The van der Waals surface area contributed by atoms with Gasteiger partial charge in [0.2, 0.25) is 0 Å². The minimum Gasteiger partial charge on any atom is -0.387 e. The average Bonchev–Trinajstić information content (AvgIpc) is 2.45. The van der Waals surface area contributed by atoms with Gasteiger partial charge < -0.3 is 15.3 Å². The largest absolute Gasteiger partial charge is 0.387 e. The zero-order valence-corrected chi connectivity index (χ0v) is 12.5. The van der Waals surface area contributed by atoms with Gasteiger partial charge in [-0.1, -0.05) is 39.5 Å². The zero-order valence-electron chi connectivity index (χ0n) is 12.5. The normalized spacial score (nSPS) is 15.7. The van der Waals surface area contributed by atoms with Gasteiger partial charge in [0.1, 0.15) is 18.3 Å². The van der Waals surface area contributed by atoms with E-state index in [4.69, 9.17) is 0 Å². The molecular weight excluding hydrogens is 260 g/mol. The lowest BCUT2D eigenvalue weighted by Crippen LogP contribution is -2.45. The number of carbonyl (C=O) groups is 2. The number of unbranched alkanes of at least 4 members (excludes halogenated alkanes) is 4. The zero-order chi connectivity index (χ0) is 15.5. The summed E-state index contributed by atoms with van der Waals surface area (Å²) >= 11 is 0. The van der Waals surface area contributed by atoms with Crippen molar-refractivity contribution in [1.82, 2.24) is 0 Å². The Labute approximate surface area is 121 Å². The molecule has 20 heavy (non-hydrogen) atoms. The molecule has 0 rings (SSSR count). The van der Waals surface area contributed by atoms with Gasteiger partial charge in [-0.05, 0) is 12.8 Å². The Morgan fingerprint density at radius 1 is 0.750 bits per heavy atom. The molecule has 0 saturated carbocycles. The topological polar surface area (TPSA) is 94.8 Å². The fraction of sp³-hybridized carbons (Fsp3) is 0.867. The summed E-state index contributed by atoms with van der Waals surface area (Å²) in [4.78, 5) is 23.2. The first-order valence-corrected chi connectivity index (χ1v) is 7.55. The first-order valence-electron chi connectivity index (χ1n) is 7.55. The van der Waals surface area contributed by atoms with Crippen molar-refractivity contribution in [3.8, 4) is 0 Å². The van der Waals surface area contributed by atoms with Crippen molar-refractivity contribution in [2.45, 2.75) is 83.5 Å². The molecule has 3 N–H and O–H groups in total. The molecule has 5 nitrogen and oxygen atoms in total. The molecule has 0 bridgehead atoms. The molecule has 0 amide bonds. The van der Waals surface area contributed by atoms with Gasteiger partial charge in [0.15, 0.2) is 11.6 Å². The number of ketones is 2. The van der Waals surface area contributed by atoms with Crippen molar-refractivity contribution in [2.24, 2.45) is 0 Å². The molecule has 0 aliphatic rings. The van der Waals surface area contributed by atoms with Crippen molar-refractivity contribution in [3.05, 3.63) is 0 Å². The second-order valence-electron chi connectivity index (χ2n) is 5.23. The standard InChI is InChI=1S/C15H28O5/c1-3-5-7-9-11(16)13(18)15(20)14(19)12(17)10-8-6-4-2/h13-15,18-20H,3-10H2,1-2H3. The molecule has 0 aliphatic heterocycles. The second-order valence-corrected chi connectivity index (χ2v) is 5.23. The Hall–Kier alpha value is -0.780. The molecule has 118 valence electrons. The molecule has 0 aromatic heterocycles. The summed E-state index contributed by atoms with van der Waals surface area (Å²) in [5.74, 6) is -1.04. The summed E-state index contributed by atoms with van der Waals surface area (Å²) in [5.41, 5.74) is 0. The summed E-state index contributed by atoms with van der Waals surface area (Å²) in [6.07, 6.45) is 0.132. The lowest BCUT2D eigenvalue weighted by atomic mass is 9.96. The van der Waals surface area contributed by atoms with Gasteiger partial charge in [-0.3, -0.25) is 9.59 Å². The highest BCUT2D eigenvalue weighted by atomic mass is 16.4. The van der Waals surface area contributed by atoms with Crippen LogP contribution in [0.15, 0.2) is 0 Å². The second kappa shape index (κ2) is 10.9. The monoisotopic (exact) mass is 288 g/mol. The van der Waals surface area contributed by atoms with Crippen LogP contribution in [0.1, 0.15) is 65.2 Å². The molecule has 5 heteroatoms. The minimum absolute atomic E-state index is 0.156. The summed E-state index contributed by atoms with van der Waals surface area (Å²) in [6, 6.07) is 0. The number of aliphatic hydroxyl groups is 3. The summed E-state index contributed by atoms with van der Waals surface area (Å²) in [7, 11) is 0. The van der Waals surface area contributed by atoms with Gasteiger partial charge in [0.25, 0.3) is 0 Å². The predicted molar refractivity (Wildman–Crippen MR) is 76.3 cm³/mol. The van der Waals surface area contributed by atoms with Gasteiger partial charge >= 0.3 is 0 Å². The van der Waals surface area contributed by atoms with Crippen molar-refractivity contribution in [1.29, 1.82) is 0 Å². The van der Waals surface area contributed by atoms with E-state index in [1.54, 1.807) is 0 Å². The van der Waals surface area contributed by atoms with Crippen molar-refractivity contribution < 1.29 is 24.9 Å². The van der Waals surface area contributed by atoms with Crippen LogP contribution in [-0.4, -0.2) is 45.2 Å². The summed E-state index contributed by atoms with van der Waals surface area (Å²) < 4.78 is 0. The number of hydrogen-bond acceptors (Lipinski definition) is 5. The molecule has 0 aromatic carbocycles. The van der Waals surface area contributed by atoms with E-state index in [0.29, 0.717) is 12.8 Å². The maximum absolute atomic E-state index is 11.6. The molecule has 0 aliphatic carbocycles. The molecule has 0 heterocycles. The third-order valence-corrected chi connectivity index (χ3v) is 3.36. The van der Waals surface area contributed by atoms with Gasteiger partial charge in [0, 0.05) is 12.8 Å². The number of Topliss-reactive ketones (excluding diaryl/α,β-unsaturated/α-hetero) is 2. The third kappa shape index (κ3) is 7.12. The van der Waals surface area contributed by atoms with E-state index in [0.717, 1.165) is 25.7 Å². The third-order valence-electron chi connectivity index (χ3n) is 3.36. The number of carbonyl (C=O) groups excluding carboxylic acids is 2. The summed E-state index contributed by atoms with van der Waals surface area (Å²) in [5, 5.41) is 29.0. The van der Waals surface area contributed by atoms with E-state index in [-0.39, 0.29) is 12.8 Å². The SMILES string of the molecule is CCCCCC(=O)C(O)C(O)C(O)C(=O)CCCCC. The minimum atomic E-state index is -1.72. The highest BCUT2D eigenvalue weighted by Gasteiger charge is 2.33. The highest BCUT2D eigenvalue weighted by molar-refractivity contribution is 5.87. The van der Waals surface area contributed by atoms with E-state index < -0.39 is 29.9 Å². The molecule has 0 spiro atoms. The van der Waals surface area contributed by atoms with Crippen LogP contribution in [0.3, 0.4) is 0 Å². The average molecular weight is 288 g/mol. The first-order chi connectivity index (χ1) is 9.45. The molecular formula is C15H28O5. The fourth-order valence-electron chi connectivity index (χ4n) is 1.95. The molecule has 2 atom stereocenters. The maximum Gasteiger partial charge on any atom is 0.164 e. The fourth-order valence-corrected chi connectivity index (χ4v) is 1.95. The van der Waals surface area contributed by atoms with Crippen LogP contribution in [0, 0.1) is 0 Å². The van der Waals surface area contributed by atoms with Gasteiger partial charge in [-0.25, -0.2) is 0 Å². The Morgan fingerprint density at radius 3 is 1.40 bits per heavy atom. The smallest absolute Gasteiger partial charge is 0.164 e. The predicted octanol–water partition coefficient (Wildman–Crippen LogP) is 1.37. The van der Waals surface area contributed by atoms with E-state index in [9.17, 15) is 24.9 Å². The Kier molecular flexibility index (Phi) is 10.5. The molecule has 0 saturated heterocycles. The van der Waals surface area contributed by atoms with Gasteiger partial charge in [-0.15, -0.1) is 0 Å². The van der Waals surface area contributed by atoms with Crippen LogP contribution < -0.4 is 0 Å². The van der Waals surface area contributed by atoms with Crippen LogP contribution in [-0.2, 0) is 9.59 Å². The Balaban J connectivity index is 4.22. The molecule has 2 unspecified atom stereocenters. The van der Waals surface area contributed by atoms with Crippen LogP contribution >= 0.6 is 0 Å². The Morgan fingerprint density at radius 2 is 1.10 bits per heavy atom.